The van der Waals surface area contributed by atoms with Gasteiger partial charge in [0.15, 0.2) is 11.0 Å². The van der Waals surface area contributed by atoms with Crippen LogP contribution in [0.1, 0.15) is 0 Å². The summed E-state index contributed by atoms with van der Waals surface area (Å²) < 4.78 is 6.31. The maximum Gasteiger partial charge on any atom is 0.289 e. The van der Waals surface area contributed by atoms with Crippen molar-refractivity contribution in [2.24, 2.45) is 7.05 Å². The molecule has 2 heterocycles. The zero-order valence-corrected chi connectivity index (χ0v) is 8.65. The third-order valence-electron chi connectivity index (χ3n) is 1.92. The van der Waals surface area contributed by atoms with E-state index in [-0.39, 0.29) is 16.5 Å². The maximum absolute atomic E-state index is 11.3. The first kappa shape index (κ1) is 9.79. The van der Waals surface area contributed by atoms with Gasteiger partial charge in [0.25, 0.3) is 5.56 Å². The first-order valence-electron chi connectivity index (χ1n) is 4.17. The molecule has 2 aromatic rings. The summed E-state index contributed by atoms with van der Waals surface area (Å²) in [4.78, 5) is 11.3. The molecule has 2 aromatic heterocycles. The van der Waals surface area contributed by atoms with E-state index in [0.29, 0.717) is 11.5 Å². The average Bonchev–Trinajstić information content (AvgIpc) is 2.60. The number of aromatic nitrogens is 2. The van der Waals surface area contributed by atoms with E-state index in [9.17, 15) is 4.79 Å². The van der Waals surface area contributed by atoms with Crippen LogP contribution in [0, 0.1) is 0 Å². The number of nitrogens with zero attached hydrogens (tertiary/aromatic N) is 2. The summed E-state index contributed by atoms with van der Waals surface area (Å²) in [6.45, 7) is 0. The maximum atomic E-state index is 11.3. The summed E-state index contributed by atoms with van der Waals surface area (Å²) >= 11 is 5.63. The Morgan fingerprint density at radius 2 is 2.27 bits per heavy atom. The largest absolute Gasteiger partial charge is 0.443 e. The molecule has 0 unspecified atom stereocenters. The molecule has 5 nitrogen and oxygen atoms in total. The Bertz CT molecular complexity index is 532. The number of hydrogen-bond donors (Lipinski definition) is 1. The highest BCUT2D eigenvalue weighted by atomic mass is 35.5. The number of furan rings is 1. The van der Waals surface area contributed by atoms with Crippen molar-refractivity contribution in [2.75, 3.05) is 5.73 Å². The lowest BCUT2D eigenvalue weighted by molar-refractivity contribution is 0.576. The quantitative estimate of drug-likeness (QED) is 0.793. The molecule has 0 aromatic carbocycles. The lowest BCUT2D eigenvalue weighted by Crippen LogP contribution is -2.22. The van der Waals surface area contributed by atoms with Crippen LogP contribution in [0.15, 0.2) is 27.4 Å². The van der Waals surface area contributed by atoms with Gasteiger partial charge in [-0.25, -0.2) is 4.68 Å². The third kappa shape index (κ3) is 1.73. The lowest BCUT2D eigenvalue weighted by atomic mass is 10.3. The van der Waals surface area contributed by atoms with Crippen molar-refractivity contribution >= 4 is 17.3 Å². The van der Waals surface area contributed by atoms with Crippen LogP contribution in [0.25, 0.3) is 11.5 Å². The Kier molecular flexibility index (Phi) is 2.24. The van der Waals surface area contributed by atoms with E-state index in [4.69, 9.17) is 21.8 Å². The van der Waals surface area contributed by atoms with Crippen LogP contribution >= 0.6 is 11.6 Å². The number of aryl methyl sites for hydroxylation is 1. The highest BCUT2D eigenvalue weighted by Gasteiger charge is 2.08. The van der Waals surface area contributed by atoms with Crippen molar-refractivity contribution in [3.63, 3.8) is 0 Å². The number of nitrogen functional groups attached to an aromatic ring is 1. The molecule has 0 spiro atoms. The number of halogens is 1. The summed E-state index contributed by atoms with van der Waals surface area (Å²) in [6, 6.07) is 4.71. The molecule has 0 aliphatic heterocycles. The minimum absolute atomic E-state index is 0.120. The van der Waals surface area contributed by atoms with E-state index in [0.717, 1.165) is 4.68 Å². The molecule has 15 heavy (non-hydrogen) atoms. The topological polar surface area (TPSA) is 74.1 Å². The molecule has 0 fully saturated rings. The van der Waals surface area contributed by atoms with Crippen molar-refractivity contribution in [3.8, 4) is 11.5 Å². The van der Waals surface area contributed by atoms with E-state index < -0.39 is 0 Å². The zero-order valence-electron chi connectivity index (χ0n) is 7.90. The number of anilines is 1. The molecule has 0 aliphatic carbocycles. The van der Waals surface area contributed by atoms with Gasteiger partial charge in [-0.05, 0) is 29.8 Å². The second-order valence-corrected chi connectivity index (χ2v) is 3.39. The van der Waals surface area contributed by atoms with Gasteiger partial charge in [-0.2, -0.15) is 5.10 Å². The lowest BCUT2D eigenvalue weighted by Gasteiger charge is -2.01. The molecule has 6 heteroatoms. The zero-order chi connectivity index (χ0) is 11.0. The fourth-order valence-electron chi connectivity index (χ4n) is 1.20. The first-order valence-corrected chi connectivity index (χ1v) is 4.55. The van der Waals surface area contributed by atoms with Crippen LogP contribution in [-0.4, -0.2) is 9.78 Å². The minimum atomic E-state index is -0.337. The van der Waals surface area contributed by atoms with Crippen LogP contribution in [-0.2, 0) is 7.05 Å². The van der Waals surface area contributed by atoms with Gasteiger partial charge >= 0.3 is 0 Å². The first-order chi connectivity index (χ1) is 7.08. The molecule has 2 rings (SSSR count). The molecule has 0 radical (unpaired) electrons. The third-order valence-corrected chi connectivity index (χ3v) is 2.12. The van der Waals surface area contributed by atoms with Gasteiger partial charge in [0.05, 0.1) is 0 Å². The molecular weight excluding hydrogens is 218 g/mol. The van der Waals surface area contributed by atoms with Crippen LogP contribution < -0.4 is 11.3 Å². The van der Waals surface area contributed by atoms with E-state index in [1.807, 2.05) is 0 Å². The summed E-state index contributed by atoms with van der Waals surface area (Å²) in [5.74, 6) is 0.474. The molecule has 2 N–H and O–H groups in total. The van der Waals surface area contributed by atoms with Crippen molar-refractivity contribution in [3.05, 3.63) is 33.8 Å². The summed E-state index contributed by atoms with van der Waals surface area (Å²) in [5.41, 5.74) is 5.77. The Morgan fingerprint density at radius 1 is 1.53 bits per heavy atom. The van der Waals surface area contributed by atoms with Crippen LogP contribution in [0.3, 0.4) is 0 Å². The smallest absolute Gasteiger partial charge is 0.289 e. The summed E-state index contributed by atoms with van der Waals surface area (Å²) in [6.07, 6.45) is 0. The fourth-order valence-corrected chi connectivity index (χ4v) is 1.35. The van der Waals surface area contributed by atoms with Crippen molar-refractivity contribution in [2.45, 2.75) is 0 Å². The summed E-state index contributed by atoms with van der Waals surface area (Å²) in [7, 11) is 1.52. The van der Waals surface area contributed by atoms with Gasteiger partial charge in [0.1, 0.15) is 11.4 Å². The van der Waals surface area contributed by atoms with E-state index in [1.54, 1.807) is 12.1 Å². The SMILES string of the molecule is Cn1nc(-c2ccc(Cl)o2)cc(N)c1=O. The normalized spacial score (nSPS) is 10.5. The minimum Gasteiger partial charge on any atom is -0.443 e. The second kappa shape index (κ2) is 3.43. The van der Waals surface area contributed by atoms with E-state index in [1.165, 1.54) is 13.1 Å². The molecule has 78 valence electrons. The molecule has 0 saturated carbocycles. The van der Waals surface area contributed by atoms with Crippen LogP contribution in [0.5, 0.6) is 0 Å². The average molecular weight is 226 g/mol. The van der Waals surface area contributed by atoms with Gasteiger partial charge < -0.3 is 10.2 Å². The summed E-state index contributed by atoms with van der Waals surface area (Å²) in [5, 5.41) is 4.25. The van der Waals surface area contributed by atoms with Gasteiger partial charge in [-0.1, -0.05) is 0 Å². The Morgan fingerprint density at radius 3 is 2.80 bits per heavy atom. The van der Waals surface area contributed by atoms with Crippen LogP contribution in [0.2, 0.25) is 5.22 Å². The second-order valence-electron chi connectivity index (χ2n) is 3.02. The van der Waals surface area contributed by atoms with E-state index >= 15 is 0 Å². The number of nitrogens with two attached hydrogens (primary N) is 1. The van der Waals surface area contributed by atoms with Crippen molar-refractivity contribution in [1.82, 2.24) is 9.78 Å². The molecule has 0 bridgehead atoms. The fraction of sp³-hybridized carbons (Fsp3) is 0.111. The molecule has 0 atom stereocenters. The standard InChI is InChI=1S/C9H8ClN3O2/c1-13-9(14)5(11)4-6(12-13)7-2-3-8(10)15-7/h2-4H,11H2,1H3. The molecule has 0 saturated heterocycles. The Balaban J connectivity index is 2.60. The highest BCUT2D eigenvalue weighted by Crippen LogP contribution is 2.22. The van der Waals surface area contributed by atoms with Gasteiger partial charge in [0.2, 0.25) is 0 Å². The van der Waals surface area contributed by atoms with Crippen LogP contribution in [0.4, 0.5) is 5.69 Å². The van der Waals surface area contributed by atoms with E-state index in [2.05, 4.69) is 5.10 Å². The molecule has 0 amide bonds. The Labute approximate surface area is 90.1 Å². The van der Waals surface area contributed by atoms with Gasteiger partial charge in [-0.15, -0.1) is 0 Å². The number of hydrogen-bond acceptors (Lipinski definition) is 4. The van der Waals surface area contributed by atoms with Gasteiger partial charge in [0, 0.05) is 7.05 Å². The van der Waals surface area contributed by atoms with Crippen molar-refractivity contribution < 1.29 is 4.42 Å². The molecule has 0 aliphatic rings. The predicted octanol–water partition coefficient (Wildman–Crippen LogP) is 1.28. The molecular formula is C9H8ClN3O2. The Hall–Kier alpha value is -1.75. The highest BCUT2D eigenvalue weighted by molar-refractivity contribution is 6.28. The number of rotatable bonds is 1. The van der Waals surface area contributed by atoms with Gasteiger partial charge in [-0.3, -0.25) is 4.79 Å². The predicted molar refractivity (Wildman–Crippen MR) is 56.6 cm³/mol. The van der Waals surface area contributed by atoms with Crippen molar-refractivity contribution in [1.29, 1.82) is 0 Å². The monoisotopic (exact) mass is 225 g/mol.